The fraction of sp³-hybridized carbons (Fsp3) is 0.414. The first kappa shape index (κ1) is 33.3. The summed E-state index contributed by atoms with van der Waals surface area (Å²) in [7, 11) is 3.43. The van der Waals surface area contributed by atoms with Crippen LogP contribution in [0.3, 0.4) is 0 Å². The van der Waals surface area contributed by atoms with Gasteiger partial charge in [-0.05, 0) is 31.2 Å². The summed E-state index contributed by atoms with van der Waals surface area (Å²) in [6.07, 6.45) is -1.42. The molecule has 45 heavy (non-hydrogen) atoms. The van der Waals surface area contributed by atoms with Crippen LogP contribution in [0.2, 0.25) is 0 Å². The maximum Gasteiger partial charge on any atom is 0.405 e. The smallest absolute Gasteiger partial charge is 0.360 e. The molecule has 0 aliphatic carbocycles. The van der Waals surface area contributed by atoms with Crippen LogP contribution in [0, 0.1) is 11.3 Å². The Morgan fingerprint density at radius 1 is 1.11 bits per heavy atom. The first-order chi connectivity index (χ1) is 21.3. The van der Waals surface area contributed by atoms with Gasteiger partial charge in [-0.3, -0.25) is 28.6 Å². The van der Waals surface area contributed by atoms with Gasteiger partial charge in [0.25, 0.3) is 11.5 Å². The van der Waals surface area contributed by atoms with Crippen molar-refractivity contribution >= 4 is 57.4 Å². The Morgan fingerprint density at radius 2 is 1.82 bits per heavy atom. The molecule has 1 saturated heterocycles. The van der Waals surface area contributed by atoms with Crippen LogP contribution in [-0.2, 0) is 27.5 Å². The number of benzene rings is 1. The zero-order valence-electron chi connectivity index (χ0n) is 25.0. The Labute approximate surface area is 260 Å². The lowest BCUT2D eigenvalue weighted by molar-refractivity contribution is -0.135. The molecule has 0 spiro atoms. The minimum absolute atomic E-state index is 0.0250. The van der Waals surface area contributed by atoms with E-state index in [1.807, 2.05) is 33.9 Å². The second-order valence-corrected chi connectivity index (χ2v) is 11.6. The Hall–Kier alpha value is -4.62. The number of nitriles is 1. The number of hydrogen-bond donors (Lipinski definition) is 2. The van der Waals surface area contributed by atoms with E-state index < -0.39 is 29.8 Å². The van der Waals surface area contributed by atoms with Crippen LogP contribution < -0.4 is 25.4 Å². The molecule has 12 nitrogen and oxygen atoms in total. The van der Waals surface area contributed by atoms with Crippen molar-refractivity contribution < 1.29 is 27.6 Å². The van der Waals surface area contributed by atoms with Crippen LogP contribution in [0.4, 0.5) is 18.9 Å². The number of anilines is 1. The summed E-state index contributed by atoms with van der Waals surface area (Å²) in [5.74, 6) is -1.22. The fourth-order valence-corrected chi connectivity index (χ4v) is 5.85. The summed E-state index contributed by atoms with van der Waals surface area (Å²) in [5, 5.41) is 15.0. The summed E-state index contributed by atoms with van der Waals surface area (Å²) >= 11 is 0.819. The van der Waals surface area contributed by atoms with E-state index in [2.05, 4.69) is 5.32 Å². The quantitative estimate of drug-likeness (QED) is 0.342. The number of piperazine rings is 1. The molecule has 240 valence electrons. The monoisotopic (exact) mass is 646 g/mol. The molecule has 0 radical (unpaired) electrons. The molecular weight excluding hydrogens is 613 g/mol. The first-order valence-corrected chi connectivity index (χ1v) is 14.9. The van der Waals surface area contributed by atoms with Gasteiger partial charge >= 0.3 is 6.18 Å². The number of hydrogen-bond acceptors (Lipinski definition) is 8. The van der Waals surface area contributed by atoms with Crippen molar-refractivity contribution in [3.8, 4) is 6.07 Å². The van der Waals surface area contributed by atoms with E-state index in [0.717, 1.165) is 26.8 Å². The molecule has 2 aromatic heterocycles. The summed E-state index contributed by atoms with van der Waals surface area (Å²) in [5.41, 5.74) is 0.368. The number of nitrogens with zero attached hydrogens (tertiary/aromatic N) is 6. The summed E-state index contributed by atoms with van der Waals surface area (Å²) in [6.45, 7) is 2.93. The van der Waals surface area contributed by atoms with Gasteiger partial charge in [0.15, 0.2) is 5.57 Å². The van der Waals surface area contributed by atoms with Gasteiger partial charge in [-0.2, -0.15) is 18.4 Å². The summed E-state index contributed by atoms with van der Waals surface area (Å²) in [6, 6.07) is 8.91. The molecule has 1 fully saturated rings. The lowest BCUT2D eigenvalue weighted by atomic mass is 10.2. The Kier molecular flexibility index (Phi) is 10.3. The van der Waals surface area contributed by atoms with E-state index >= 15 is 0 Å². The van der Waals surface area contributed by atoms with Crippen LogP contribution in [0.15, 0.2) is 35.3 Å². The topological polar surface area (TPSA) is 136 Å². The number of aromatic nitrogens is 2. The number of likely N-dealkylation sites (N-methyl/N-ethyl adjacent to an activating group) is 1. The first-order valence-electron chi connectivity index (χ1n) is 14.1. The molecule has 1 aliphatic rings. The molecule has 3 amide bonds. The van der Waals surface area contributed by atoms with Crippen molar-refractivity contribution in [3.05, 3.63) is 50.0 Å². The molecule has 2 N–H and O–H groups in total. The van der Waals surface area contributed by atoms with Crippen LogP contribution >= 0.6 is 11.3 Å². The van der Waals surface area contributed by atoms with E-state index in [1.165, 1.54) is 6.20 Å². The number of alkyl halides is 3. The molecule has 0 atom stereocenters. The zero-order chi connectivity index (χ0) is 32.9. The number of fused-ring (bicyclic) bond motifs is 1. The molecule has 0 bridgehead atoms. The highest BCUT2D eigenvalue weighted by Gasteiger charge is 2.29. The van der Waals surface area contributed by atoms with E-state index in [0.29, 0.717) is 38.4 Å². The molecule has 0 saturated carbocycles. The average molecular weight is 647 g/mol. The molecule has 4 rings (SSSR count). The number of carbonyl (C=O) groups is 3. The van der Waals surface area contributed by atoms with Crippen molar-refractivity contribution in [1.82, 2.24) is 29.2 Å². The number of rotatable bonds is 9. The lowest BCUT2D eigenvalue weighted by Gasteiger charge is -2.34. The molecule has 3 aromatic rings. The summed E-state index contributed by atoms with van der Waals surface area (Å²) < 4.78 is 40.8. The second-order valence-electron chi connectivity index (χ2n) is 10.6. The van der Waals surface area contributed by atoms with Crippen molar-refractivity contribution in [2.75, 3.05) is 58.7 Å². The standard InChI is InChI=1S/C29H33F3N8O4S/c1-4-40-27(44)23(45-28(40)21(14-33)26(43)35-18-29(30,31)32)15-34-20-5-6-22-19(13-20)7-8-39(22)17-25(42)38-11-9-37(10-12-38)16-24(41)36(2)3/h5-8,13,15,34H,4,9-12,16-18H2,1-3H3,(H,35,43)/b23-15-,28-21+. The van der Waals surface area contributed by atoms with Crippen molar-refractivity contribution in [2.45, 2.75) is 26.2 Å². The number of thiazole rings is 1. The van der Waals surface area contributed by atoms with Gasteiger partial charge in [-0.25, -0.2) is 0 Å². The Morgan fingerprint density at radius 3 is 2.44 bits per heavy atom. The van der Waals surface area contributed by atoms with Crippen molar-refractivity contribution in [1.29, 1.82) is 5.26 Å². The van der Waals surface area contributed by atoms with Gasteiger partial charge in [0.05, 0.1) is 6.54 Å². The Balaban J connectivity index is 1.47. The highest BCUT2D eigenvalue weighted by atomic mass is 32.1. The lowest BCUT2D eigenvalue weighted by Crippen LogP contribution is -2.51. The molecule has 3 heterocycles. The highest BCUT2D eigenvalue weighted by molar-refractivity contribution is 7.07. The normalized spacial score (nSPS) is 15.1. The fourth-order valence-electron chi connectivity index (χ4n) is 4.77. The third-order valence-electron chi connectivity index (χ3n) is 7.26. The van der Waals surface area contributed by atoms with Gasteiger partial charge in [0.2, 0.25) is 11.8 Å². The summed E-state index contributed by atoms with van der Waals surface area (Å²) in [4.78, 5) is 55.6. The molecule has 1 aliphatic heterocycles. The third kappa shape index (κ3) is 8.11. The minimum atomic E-state index is -4.65. The number of carbonyl (C=O) groups excluding carboxylic acids is 3. The number of halogens is 3. The van der Waals surface area contributed by atoms with Crippen molar-refractivity contribution in [2.24, 2.45) is 0 Å². The van der Waals surface area contributed by atoms with Crippen LogP contribution in [0.1, 0.15) is 6.92 Å². The van der Waals surface area contributed by atoms with E-state index in [9.17, 15) is 37.6 Å². The SMILES string of the molecule is CCn1c(=O)/c(=C/Nc2ccc3c(ccn3CC(=O)N3CCN(CC(=O)N(C)C)CC3)c2)s/c1=C(\C#N)C(=O)NCC(F)(F)F. The Bertz CT molecular complexity index is 1810. The van der Waals surface area contributed by atoms with Gasteiger partial charge in [-0.15, -0.1) is 11.3 Å². The van der Waals surface area contributed by atoms with Gasteiger partial charge < -0.3 is 25.0 Å². The number of amides is 3. The van der Waals surface area contributed by atoms with E-state index in [-0.39, 0.29) is 34.1 Å². The predicted octanol–water partition coefficient (Wildman–Crippen LogP) is 0.320. The van der Waals surface area contributed by atoms with Crippen molar-refractivity contribution in [3.63, 3.8) is 0 Å². The van der Waals surface area contributed by atoms with Crippen LogP contribution in [0.25, 0.3) is 22.7 Å². The molecular formula is C29H33F3N8O4S. The third-order valence-corrected chi connectivity index (χ3v) is 8.39. The zero-order valence-corrected chi connectivity index (χ0v) is 25.8. The van der Waals surface area contributed by atoms with Crippen LogP contribution in [0.5, 0.6) is 0 Å². The molecule has 1 aromatic carbocycles. The minimum Gasteiger partial charge on any atom is -0.360 e. The van der Waals surface area contributed by atoms with Gasteiger partial charge in [-0.1, -0.05) is 0 Å². The highest BCUT2D eigenvalue weighted by Crippen LogP contribution is 2.21. The van der Waals surface area contributed by atoms with E-state index in [4.69, 9.17) is 0 Å². The maximum atomic E-state index is 13.0. The average Bonchev–Trinajstić information content (AvgIpc) is 3.54. The predicted molar refractivity (Wildman–Crippen MR) is 163 cm³/mol. The van der Waals surface area contributed by atoms with Gasteiger partial charge in [0.1, 0.15) is 28.4 Å². The van der Waals surface area contributed by atoms with E-state index in [1.54, 1.807) is 48.3 Å². The molecule has 0 unspecified atom stereocenters. The molecule has 16 heteroatoms. The maximum absolute atomic E-state index is 13.0. The second kappa shape index (κ2) is 14.0. The largest absolute Gasteiger partial charge is 0.405 e. The number of nitrogens with one attached hydrogen (secondary N) is 2. The van der Waals surface area contributed by atoms with Gasteiger partial charge in [0, 0.05) is 75.8 Å². The van der Waals surface area contributed by atoms with Crippen LogP contribution in [-0.4, -0.2) is 101 Å².